The summed E-state index contributed by atoms with van der Waals surface area (Å²) in [7, 11) is 1.62. The Labute approximate surface area is 108 Å². The van der Waals surface area contributed by atoms with E-state index < -0.39 is 0 Å². The Balaban J connectivity index is 2.82. The zero-order valence-corrected chi connectivity index (χ0v) is 11.7. The molecule has 1 rings (SSSR count). The van der Waals surface area contributed by atoms with Crippen molar-refractivity contribution in [2.75, 3.05) is 20.3 Å². The first kappa shape index (κ1) is 14.6. The molecule has 0 radical (unpaired) electrons. The zero-order chi connectivity index (χ0) is 13.7. The van der Waals surface area contributed by atoms with Gasteiger partial charge in [0.15, 0.2) is 0 Å². The molecule has 6 nitrogen and oxygen atoms in total. The standard InChI is InChI=1S/C12H22N4O2/c1-6-16(9(4)7-18-5)12(17)11-13-10(8(2)3)14-15-11/h8-9H,6-7H2,1-5H3,(H,13,14,15). The SMILES string of the molecule is CCN(C(=O)c1n[nH]c(C(C)C)n1)C(C)COC. The minimum atomic E-state index is -0.162. The van der Waals surface area contributed by atoms with Crippen molar-refractivity contribution in [3.05, 3.63) is 11.6 Å². The third kappa shape index (κ3) is 3.29. The van der Waals surface area contributed by atoms with E-state index in [0.29, 0.717) is 13.2 Å². The van der Waals surface area contributed by atoms with Gasteiger partial charge in [0.1, 0.15) is 5.82 Å². The molecule has 1 N–H and O–H groups in total. The molecule has 0 bridgehead atoms. The Kier molecular flexibility index (Phi) is 5.27. The molecule has 1 unspecified atom stereocenters. The van der Waals surface area contributed by atoms with Gasteiger partial charge in [0, 0.05) is 19.6 Å². The first-order chi connectivity index (χ1) is 8.51. The van der Waals surface area contributed by atoms with Crippen LogP contribution in [0.2, 0.25) is 0 Å². The van der Waals surface area contributed by atoms with Crippen LogP contribution in [-0.2, 0) is 4.74 Å². The largest absolute Gasteiger partial charge is 0.383 e. The number of carbonyl (C=O) groups excluding carboxylic acids is 1. The van der Waals surface area contributed by atoms with Crippen LogP contribution in [0.15, 0.2) is 0 Å². The van der Waals surface area contributed by atoms with Gasteiger partial charge in [-0.3, -0.25) is 9.89 Å². The molecule has 1 aromatic heterocycles. The van der Waals surface area contributed by atoms with Crippen LogP contribution in [0.1, 0.15) is 50.1 Å². The Bertz CT molecular complexity index is 389. The van der Waals surface area contributed by atoms with E-state index in [2.05, 4.69) is 15.2 Å². The number of nitrogens with zero attached hydrogens (tertiary/aromatic N) is 3. The molecule has 0 saturated carbocycles. The summed E-state index contributed by atoms with van der Waals surface area (Å²) in [6, 6.07) is 0.00787. The topological polar surface area (TPSA) is 71.1 Å². The second-order valence-corrected chi connectivity index (χ2v) is 4.59. The predicted octanol–water partition coefficient (Wildman–Crippen LogP) is 1.43. The van der Waals surface area contributed by atoms with Crippen LogP contribution in [0.4, 0.5) is 0 Å². The van der Waals surface area contributed by atoms with Crippen molar-refractivity contribution in [3.63, 3.8) is 0 Å². The van der Waals surface area contributed by atoms with Crippen LogP contribution in [0.25, 0.3) is 0 Å². The lowest BCUT2D eigenvalue weighted by Gasteiger charge is -2.26. The second kappa shape index (κ2) is 6.49. The summed E-state index contributed by atoms with van der Waals surface area (Å²) in [5.41, 5.74) is 0. The Morgan fingerprint density at radius 1 is 1.44 bits per heavy atom. The van der Waals surface area contributed by atoms with Gasteiger partial charge >= 0.3 is 0 Å². The van der Waals surface area contributed by atoms with E-state index in [-0.39, 0.29) is 23.7 Å². The summed E-state index contributed by atoms with van der Waals surface area (Å²) in [6.45, 7) is 8.98. The summed E-state index contributed by atoms with van der Waals surface area (Å²) in [5.74, 6) is 1.02. The molecule has 1 amide bonds. The highest BCUT2D eigenvalue weighted by atomic mass is 16.5. The fourth-order valence-electron chi connectivity index (χ4n) is 1.74. The second-order valence-electron chi connectivity index (χ2n) is 4.59. The first-order valence-electron chi connectivity index (χ1n) is 6.23. The number of ether oxygens (including phenoxy) is 1. The summed E-state index contributed by atoms with van der Waals surface area (Å²) in [6.07, 6.45) is 0. The molecular weight excluding hydrogens is 232 g/mol. The van der Waals surface area contributed by atoms with Crippen LogP contribution >= 0.6 is 0 Å². The number of methoxy groups -OCH3 is 1. The smallest absolute Gasteiger partial charge is 0.293 e. The van der Waals surface area contributed by atoms with E-state index in [1.807, 2.05) is 27.7 Å². The number of nitrogens with one attached hydrogen (secondary N) is 1. The van der Waals surface area contributed by atoms with Crippen molar-refractivity contribution in [3.8, 4) is 0 Å². The van der Waals surface area contributed by atoms with Crippen molar-refractivity contribution >= 4 is 5.91 Å². The van der Waals surface area contributed by atoms with E-state index in [4.69, 9.17) is 4.74 Å². The van der Waals surface area contributed by atoms with Crippen molar-refractivity contribution in [1.29, 1.82) is 0 Å². The van der Waals surface area contributed by atoms with Crippen LogP contribution in [-0.4, -0.2) is 52.3 Å². The molecule has 1 heterocycles. The molecule has 0 spiro atoms. The van der Waals surface area contributed by atoms with Gasteiger partial charge in [-0.2, -0.15) is 0 Å². The van der Waals surface area contributed by atoms with Gasteiger partial charge in [-0.1, -0.05) is 13.8 Å². The number of aromatic amines is 1. The lowest BCUT2D eigenvalue weighted by molar-refractivity contribution is 0.0568. The first-order valence-corrected chi connectivity index (χ1v) is 6.23. The Morgan fingerprint density at radius 3 is 2.56 bits per heavy atom. The van der Waals surface area contributed by atoms with E-state index in [1.54, 1.807) is 12.0 Å². The van der Waals surface area contributed by atoms with Crippen molar-refractivity contribution < 1.29 is 9.53 Å². The number of amides is 1. The maximum Gasteiger partial charge on any atom is 0.293 e. The average Bonchev–Trinajstić information content (AvgIpc) is 2.79. The van der Waals surface area contributed by atoms with Crippen molar-refractivity contribution in [2.45, 2.75) is 39.7 Å². The van der Waals surface area contributed by atoms with E-state index in [0.717, 1.165) is 5.82 Å². The van der Waals surface area contributed by atoms with Crippen LogP contribution < -0.4 is 0 Å². The third-order valence-corrected chi connectivity index (χ3v) is 2.78. The fraction of sp³-hybridized carbons (Fsp3) is 0.750. The molecule has 1 aromatic rings. The molecule has 18 heavy (non-hydrogen) atoms. The maximum atomic E-state index is 12.3. The van der Waals surface area contributed by atoms with E-state index in [9.17, 15) is 4.79 Å². The van der Waals surface area contributed by atoms with Crippen LogP contribution in [0.3, 0.4) is 0 Å². The highest BCUT2D eigenvalue weighted by Gasteiger charge is 2.23. The maximum absolute atomic E-state index is 12.3. The molecule has 0 fully saturated rings. The molecule has 6 heteroatoms. The van der Waals surface area contributed by atoms with Gasteiger partial charge in [0.2, 0.25) is 5.82 Å². The fourth-order valence-corrected chi connectivity index (χ4v) is 1.74. The summed E-state index contributed by atoms with van der Waals surface area (Å²) in [5, 5.41) is 6.78. The molecule has 1 atom stereocenters. The minimum absolute atomic E-state index is 0.00787. The lowest BCUT2D eigenvalue weighted by atomic mass is 10.2. The third-order valence-electron chi connectivity index (χ3n) is 2.78. The quantitative estimate of drug-likeness (QED) is 0.833. The average molecular weight is 254 g/mol. The number of rotatable bonds is 6. The van der Waals surface area contributed by atoms with E-state index in [1.165, 1.54) is 0 Å². The van der Waals surface area contributed by atoms with Crippen LogP contribution in [0, 0.1) is 0 Å². The number of carbonyl (C=O) groups is 1. The van der Waals surface area contributed by atoms with Crippen molar-refractivity contribution in [2.24, 2.45) is 0 Å². The molecule has 0 aromatic carbocycles. The van der Waals surface area contributed by atoms with Crippen molar-refractivity contribution in [1.82, 2.24) is 20.1 Å². The molecule has 0 aliphatic carbocycles. The van der Waals surface area contributed by atoms with E-state index >= 15 is 0 Å². The molecular formula is C12H22N4O2. The Hall–Kier alpha value is -1.43. The Morgan fingerprint density at radius 2 is 2.11 bits per heavy atom. The number of likely N-dealkylation sites (N-methyl/N-ethyl adjacent to an activating group) is 1. The van der Waals surface area contributed by atoms with Gasteiger partial charge in [0.25, 0.3) is 5.91 Å². The normalized spacial score (nSPS) is 12.8. The molecule has 0 saturated heterocycles. The van der Waals surface area contributed by atoms with Gasteiger partial charge in [-0.05, 0) is 13.8 Å². The van der Waals surface area contributed by atoms with Gasteiger partial charge in [0.05, 0.1) is 12.6 Å². The number of aromatic nitrogens is 3. The molecule has 0 aliphatic heterocycles. The highest BCUT2D eigenvalue weighted by molar-refractivity contribution is 5.90. The van der Waals surface area contributed by atoms with Gasteiger partial charge in [-0.15, -0.1) is 5.10 Å². The summed E-state index contributed by atoms with van der Waals surface area (Å²) >= 11 is 0. The van der Waals surface area contributed by atoms with Gasteiger partial charge in [-0.25, -0.2) is 4.98 Å². The number of hydrogen-bond donors (Lipinski definition) is 1. The minimum Gasteiger partial charge on any atom is -0.383 e. The predicted molar refractivity (Wildman–Crippen MR) is 68.5 cm³/mol. The summed E-state index contributed by atoms with van der Waals surface area (Å²) < 4.78 is 5.07. The van der Waals surface area contributed by atoms with Gasteiger partial charge < -0.3 is 9.64 Å². The summed E-state index contributed by atoms with van der Waals surface area (Å²) in [4.78, 5) is 18.2. The monoisotopic (exact) mass is 254 g/mol. The highest BCUT2D eigenvalue weighted by Crippen LogP contribution is 2.10. The lowest BCUT2D eigenvalue weighted by Crippen LogP contribution is -2.41. The zero-order valence-electron chi connectivity index (χ0n) is 11.7. The van der Waals surface area contributed by atoms with Crippen LogP contribution in [0.5, 0.6) is 0 Å². The molecule has 0 aliphatic rings. The number of H-pyrrole nitrogens is 1. The number of hydrogen-bond acceptors (Lipinski definition) is 4. The molecule has 102 valence electrons.